The molecule has 1 atom stereocenters. The highest BCUT2D eigenvalue weighted by atomic mass is 79.9. The summed E-state index contributed by atoms with van der Waals surface area (Å²) in [6, 6.07) is 5.49. The van der Waals surface area contributed by atoms with Crippen LogP contribution in [0, 0.1) is 23.2 Å². The van der Waals surface area contributed by atoms with Crippen LogP contribution in [-0.2, 0) is 4.79 Å². The van der Waals surface area contributed by atoms with Crippen molar-refractivity contribution in [3.05, 3.63) is 21.1 Å². The number of hydrogen-bond donors (Lipinski definition) is 1. The van der Waals surface area contributed by atoms with E-state index in [0.717, 1.165) is 4.47 Å². The molecule has 1 amide bonds. The topological polar surface area (TPSA) is 62.1 Å². The van der Waals surface area contributed by atoms with Gasteiger partial charge in [0.1, 0.15) is 11.7 Å². The van der Waals surface area contributed by atoms with Crippen molar-refractivity contribution in [2.45, 2.75) is 13.8 Å². The predicted octanol–water partition coefficient (Wildman–Crippen LogP) is 3.95. The summed E-state index contributed by atoms with van der Waals surface area (Å²) in [5.74, 6) is -0.429. The molecule has 4 nitrogen and oxygen atoms in total. The highest BCUT2D eigenvalue weighted by Gasteiger charge is 2.22. The number of anilines is 1. The largest absolute Gasteiger partial charge is 0.495 e. The summed E-state index contributed by atoms with van der Waals surface area (Å²) < 4.78 is 6.67. The number of nitrogens with zero attached hydrogens (tertiary/aromatic N) is 1. The molecule has 1 N–H and O–H groups in total. The van der Waals surface area contributed by atoms with Crippen molar-refractivity contribution >= 4 is 43.5 Å². The van der Waals surface area contributed by atoms with Crippen LogP contribution in [0.3, 0.4) is 0 Å². The monoisotopic (exact) mass is 388 g/mol. The molecule has 1 unspecified atom stereocenters. The number of nitrogens with one attached hydrogen (secondary N) is 1. The Balaban J connectivity index is 3.00. The van der Waals surface area contributed by atoms with Crippen LogP contribution in [0.15, 0.2) is 21.1 Å². The van der Waals surface area contributed by atoms with E-state index in [1.807, 2.05) is 19.9 Å². The van der Waals surface area contributed by atoms with Gasteiger partial charge in [0.05, 0.1) is 23.3 Å². The smallest absolute Gasteiger partial charge is 0.242 e. The van der Waals surface area contributed by atoms with E-state index in [0.29, 0.717) is 15.9 Å². The van der Waals surface area contributed by atoms with E-state index in [-0.39, 0.29) is 11.8 Å². The van der Waals surface area contributed by atoms with Gasteiger partial charge in [0.15, 0.2) is 0 Å². The number of methoxy groups -OCH3 is 1. The van der Waals surface area contributed by atoms with Crippen LogP contribution in [0.5, 0.6) is 5.75 Å². The quantitative estimate of drug-likeness (QED) is 0.847. The Labute approximate surface area is 129 Å². The minimum atomic E-state index is -0.679. The molecular formula is C13H14Br2N2O2. The lowest BCUT2D eigenvalue weighted by Crippen LogP contribution is -2.25. The van der Waals surface area contributed by atoms with Crippen molar-refractivity contribution in [3.63, 3.8) is 0 Å². The molecule has 0 bridgehead atoms. The third kappa shape index (κ3) is 3.95. The van der Waals surface area contributed by atoms with Gasteiger partial charge in [-0.3, -0.25) is 4.79 Å². The summed E-state index contributed by atoms with van der Waals surface area (Å²) in [5.41, 5.74) is 0.575. The maximum Gasteiger partial charge on any atom is 0.242 e. The minimum Gasteiger partial charge on any atom is -0.495 e. The predicted molar refractivity (Wildman–Crippen MR) is 81.0 cm³/mol. The molecule has 0 radical (unpaired) electrons. The van der Waals surface area contributed by atoms with Crippen LogP contribution in [0.4, 0.5) is 5.69 Å². The van der Waals surface area contributed by atoms with Crippen LogP contribution in [0.1, 0.15) is 13.8 Å². The molecule has 0 spiro atoms. The third-order valence-corrected chi connectivity index (χ3v) is 3.86. The van der Waals surface area contributed by atoms with Crippen molar-refractivity contribution in [1.82, 2.24) is 0 Å². The SMILES string of the molecule is COc1cc(NC(=O)C(C#N)C(C)C)c(Br)cc1Br. The van der Waals surface area contributed by atoms with E-state index < -0.39 is 5.92 Å². The molecule has 6 heteroatoms. The zero-order valence-electron chi connectivity index (χ0n) is 10.8. The molecule has 0 fully saturated rings. The number of hydrogen-bond acceptors (Lipinski definition) is 3. The Morgan fingerprint density at radius 3 is 2.47 bits per heavy atom. The van der Waals surface area contributed by atoms with Crippen LogP contribution in [0.2, 0.25) is 0 Å². The molecule has 102 valence electrons. The maximum absolute atomic E-state index is 12.0. The van der Waals surface area contributed by atoms with E-state index in [1.54, 1.807) is 19.2 Å². The van der Waals surface area contributed by atoms with Crippen molar-refractivity contribution in [2.75, 3.05) is 12.4 Å². The van der Waals surface area contributed by atoms with E-state index >= 15 is 0 Å². The van der Waals surface area contributed by atoms with Gasteiger partial charge >= 0.3 is 0 Å². The van der Waals surface area contributed by atoms with E-state index in [4.69, 9.17) is 10.00 Å². The second-order valence-corrected chi connectivity index (χ2v) is 6.02. The minimum absolute atomic E-state index is 0.0406. The third-order valence-electron chi connectivity index (χ3n) is 2.59. The number of nitriles is 1. The first-order valence-electron chi connectivity index (χ1n) is 5.64. The maximum atomic E-state index is 12.0. The normalized spacial score (nSPS) is 11.8. The number of ether oxygens (including phenoxy) is 1. The van der Waals surface area contributed by atoms with Crippen molar-refractivity contribution in [2.24, 2.45) is 11.8 Å². The first-order chi connectivity index (χ1) is 8.90. The highest BCUT2D eigenvalue weighted by Crippen LogP contribution is 2.34. The zero-order valence-corrected chi connectivity index (χ0v) is 14.0. The van der Waals surface area contributed by atoms with Crippen LogP contribution in [0.25, 0.3) is 0 Å². The second-order valence-electron chi connectivity index (χ2n) is 4.31. The van der Waals surface area contributed by atoms with Crippen molar-refractivity contribution < 1.29 is 9.53 Å². The molecule has 0 aliphatic carbocycles. The van der Waals surface area contributed by atoms with Crippen LogP contribution < -0.4 is 10.1 Å². The molecule has 0 aromatic heterocycles. The molecule has 1 aromatic carbocycles. The number of carbonyl (C=O) groups is 1. The Kier molecular flexibility index (Phi) is 5.83. The highest BCUT2D eigenvalue weighted by molar-refractivity contribution is 9.11. The second kappa shape index (κ2) is 6.92. The van der Waals surface area contributed by atoms with Gasteiger partial charge in [0.25, 0.3) is 0 Å². The molecule has 0 aliphatic rings. The molecule has 0 heterocycles. The molecule has 0 aliphatic heterocycles. The average Bonchev–Trinajstić information content (AvgIpc) is 2.33. The first-order valence-corrected chi connectivity index (χ1v) is 7.22. The number of carbonyl (C=O) groups excluding carboxylic acids is 1. The van der Waals surface area contributed by atoms with Gasteiger partial charge < -0.3 is 10.1 Å². The summed E-state index contributed by atoms with van der Waals surface area (Å²) in [6.45, 7) is 3.68. The lowest BCUT2D eigenvalue weighted by molar-refractivity contribution is -0.119. The van der Waals surface area contributed by atoms with Crippen LogP contribution >= 0.6 is 31.9 Å². The number of halogens is 2. The van der Waals surface area contributed by atoms with Gasteiger partial charge in [-0.25, -0.2) is 0 Å². The fraction of sp³-hybridized carbons (Fsp3) is 0.385. The van der Waals surface area contributed by atoms with Gasteiger partial charge in [-0.15, -0.1) is 0 Å². The van der Waals surface area contributed by atoms with Gasteiger partial charge in [-0.05, 0) is 43.8 Å². The van der Waals surface area contributed by atoms with Gasteiger partial charge in [-0.1, -0.05) is 13.8 Å². The Bertz CT molecular complexity index is 524. The van der Waals surface area contributed by atoms with Crippen LogP contribution in [-0.4, -0.2) is 13.0 Å². The molecule has 1 rings (SSSR count). The number of amides is 1. The summed E-state index contributed by atoms with van der Waals surface area (Å²) in [5, 5.41) is 11.7. The fourth-order valence-electron chi connectivity index (χ4n) is 1.50. The van der Waals surface area contributed by atoms with Crippen molar-refractivity contribution in [1.29, 1.82) is 5.26 Å². The lowest BCUT2D eigenvalue weighted by atomic mass is 9.96. The zero-order chi connectivity index (χ0) is 14.6. The summed E-state index contributed by atoms with van der Waals surface area (Å²) in [7, 11) is 1.55. The molecule has 0 saturated heterocycles. The molecule has 0 saturated carbocycles. The number of rotatable bonds is 4. The van der Waals surface area contributed by atoms with E-state index in [1.165, 1.54) is 0 Å². The van der Waals surface area contributed by atoms with Crippen molar-refractivity contribution in [3.8, 4) is 11.8 Å². The van der Waals surface area contributed by atoms with Gasteiger partial charge in [0, 0.05) is 10.5 Å². The number of benzene rings is 1. The van der Waals surface area contributed by atoms with E-state index in [2.05, 4.69) is 37.2 Å². The summed E-state index contributed by atoms with van der Waals surface area (Å²) >= 11 is 6.72. The Hall–Kier alpha value is -1.06. The Morgan fingerprint density at radius 1 is 1.37 bits per heavy atom. The average molecular weight is 390 g/mol. The molecular weight excluding hydrogens is 376 g/mol. The fourth-order valence-corrected chi connectivity index (χ4v) is 2.76. The van der Waals surface area contributed by atoms with Gasteiger partial charge in [0.2, 0.25) is 5.91 Å². The Morgan fingerprint density at radius 2 is 2.00 bits per heavy atom. The summed E-state index contributed by atoms with van der Waals surface area (Å²) in [4.78, 5) is 12.0. The first kappa shape index (κ1) is 16.0. The van der Waals surface area contributed by atoms with Gasteiger partial charge in [-0.2, -0.15) is 5.26 Å². The summed E-state index contributed by atoms with van der Waals surface area (Å²) in [6.07, 6.45) is 0. The molecule has 19 heavy (non-hydrogen) atoms. The molecule has 1 aromatic rings. The van der Waals surface area contributed by atoms with E-state index in [9.17, 15) is 4.79 Å². The lowest BCUT2D eigenvalue weighted by Gasteiger charge is -2.15. The standard InChI is InChI=1S/C13H14Br2N2O2/c1-7(2)8(6-16)13(18)17-11-5-12(19-3)10(15)4-9(11)14/h4-5,7-8H,1-3H3,(H,17,18).